The average Bonchev–Trinajstić information content (AvgIpc) is 3.36. The number of benzene rings is 2. The molecule has 1 unspecified atom stereocenters. The lowest BCUT2D eigenvalue weighted by Crippen LogP contribution is -2.29. The molecule has 2 N–H and O–H groups in total. The highest BCUT2D eigenvalue weighted by Crippen LogP contribution is 2.40. The average molecular weight is 440 g/mol. The zero-order valence-electron chi connectivity index (χ0n) is 15.0. The van der Waals surface area contributed by atoms with Crippen molar-refractivity contribution in [3.8, 4) is 28.1 Å². The van der Waals surface area contributed by atoms with E-state index in [1.807, 2.05) is 12.1 Å². The summed E-state index contributed by atoms with van der Waals surface area (Å²) in [5.74, 6) is 1.59. The first-order valence-electron chi connectivity index (χ1n) is 9.20. The standard InChI is InChI=1S/C21H18BrN3O3/c22-14-4-6-16-15-5-3-12(8-13(15)11-28-19(16)9-14)17-10-23-20(24-17)18-2-1-7-25(18)21(26)27/h3-6,8-10,18H,1-2,7,11H2,(H,23,24)(H,26,27). The molecule has 0 aliphatic carbocycles. The highest BCUT2D eigenvalue weighted by molar-refractivity contribution is 9.10. The number of imidazole rings is 1. The maximum absolute atomic E-state index is 11.4. The van der Waals surface area contributed by atoms with Gasteiger partial charge >= 0.3 is 6.09 Å². The van der Waals surface area contributed by atoms with E-state index in [9.17, 15) is 9.90 Å². The van der Waals surface area contributed by atoms with Crippen molar-refractivity contribution in [2.45, 2.75) is 25.5 Å². The van der Waals surface area contributed by atoms with Crippen LogP contribution in [0.15, 0.2) is 47.1 Å². The van der Waals surface area contributed by atoms with Crippen molar-refractivity contribution in [1.29, 1.82) is 0 Å². The van der Waals surface area contributed by atoms with Crippen LogP contribution in [0.25, 0.3) is 22.4 Å². The van der Waals surface area contributed by atoms with Crippen LogP contribution in [0, 0.1) is 0 Å². The van der Waals surface area contributed by atoms with Crippen LogP contribution in [0.3, 0.4) is 0 Å². The number of hydrogen-bond acceptors (Lipinski definition) is 3. The van der Waals surface area contributed by atoms with Crippen molar-refractivity contribution in [3.63, 3.8) is 0 Å². The minimum atomic E-state index is -0.892. The van der Waals surface area contributed by atoms with E-state index in [1.54, 1.807) is 6.20 Å². The van der Waals surface area contributed by atoms with Crippen molar-refractivity contribution in [2.75, 3.05) is 6.54 Å². The predicted molar refractivity (Wildman–Crippen MR) is 108 cm³/mol. The molecule has 0 radical (unpaired) electrons. The number of carboxylic acid groups (broad SMARTS) is 1. The van der Waals surface area contributed by atoms with Crippen LogP contribution >= 0.6 is 15.9 Å². The van der Waals surface area contributed by atoms with Crippen LogP contribution in [0.5, 0.6) is 5.75 Å². The number of H-pyrrole nitrogens is 1. The first kappa shape index (κ1) is 17.3. The molecular weight excluding hydrogens is 422 g/mol. The number of nitrogens with one attached hydrogen (secondary N) is 1. The van der Waals surface area contributed by atoms with Crippen molar-refractivity contribution >= 4 is 22.0 Å². The van der Waals surface area contributed by atoms with Gasteiger partial charge in [0.2, 0.25) is 0 Å². The molecule has 1 fully saturated rings. The number of aromatic amines is 1. The molecule has 0 bridgehead atoms. The molecule has 1 saturated heterocycles. The Labute approximate surface area is 170 Å². The monoisotopic (exact) mass is 439 g/mol. The molecule has 3 aromatic rings. The van der Waals surface area contributed by atoms with E-state index >= 15 is 0 Å². The number of aromatic nitrogens is 2. The van der Waals surface area contributed by atoms with E-state index in [2.05, 4.69) is 50.2 Å². The molecule has 2 aliphatic rings. The molecule has 6 nitrogen and oxygen atoms in total. The van der Waals surface area contributed by atoms with Crippen molar-refractivity contribution in [3.05, 3.63) is 58.5 Å². The summed E-state index contributed by atoms with van der Waals surface area (Å²) in [5.41, 5.74) is 5.28. The van der Waals surface area contributed by atoms with Gasteiger partial charge in [-0.15, -0.1) is 0 Å². The molecule has 28 heavy (non-hydrogen) atoms. The third-order valence-corrected chi connectivity index (χ3v) is 5.94. The Morgan fingerprint density at radius 3 is 2.96 bits per heavy atom. The van der Waals surface area contributed by atoms with Gasteiger partial charge in [-0.25, -0.2) is 9.78 Å². The number of rotatable bonds is 2. The smallest absolute Gasteiger partial charge is 0.407 e. The number of halogens is 1. The molecule has 3 heterocycles. The summed E-state index contributed by atoms with van der Waals surface area (Å²) in [6, 6.07) is 12.2. The lowest BCUT2D eigenvalue weighted by Gasteiger charge is -2.21. The molecule has 1 atom stereocenters. The Hall–Kier alpha value is -2.80. The third kappa shape index (κ3) is 2.86. The maximum Gasteiger partial charge on any atom is 0.407 e. The molecule has 1 aromatic heterocycles. The number of fused-ring (bicyclic) bond motifs is 3. The summed E-state index contributed by atoms with van der Waals surface area (Å²) < 4.78 is 6.92. The van der Waals surface area contributed by atoms with E-state index < -0.39 is 6.09 Å². The maximum atomic E-state index is 11.4. The van der Waals surface area contributed by atoms with Gasteiger partial charge in [0.1, 0.15) is 18.2 Å². The highest BCUT2D eigenvalue weighted by Gasteiger charge is 2.31. The second kappa shape index (κ2) is 6.67. The van der Waals surface area contributed by atoms with Crippen LogP contribution in [0.4, 0.5) is 4.79 Å². The molecule has 5 rings (SSSR count). The van der Waals surface area contributed by atoms with Gasteiger partial charge in [-0.3, -0.25) is 4.90 Å². The Kier molecular flexibility index (Phi) is 4.12. The fourth-order valence-corrected chi connectivity index (χ4v) is 4.41. The molecule has 0 saturated carbocycles. The highest BCUT2D eigenvalue weighted by atomic mass is 79.9. The molecule has 2 aromatic carbocycles. The number of likely N-dealkylation sites (tertiary alicyclic amines) is 1. The quantitative estimate of drug-likeness (QED) is 0.573. The largest absolute Gasteiger partial charge is 0.488 e. The Morgan fingerprint density at radius 2 is 2.11 bits per heavy atom. The number of nitrogens with zero attached hydrogens (tertiary/aromatic N) is 2. The second-order valence-corrected chi connectivity index (χ2v) is 8.03. The molecule has 142 valence electrons. The molecule has 2 aliphatic heterocycles. The summed E-state index contributed by atoms with van der Waals surface area (Å²) >= 11 is 3.48. The van der Waals surface area contributed by atoms with Gasteiger partial charge < -0.3 is 14.8 Å². The molecule has 1 amide bonds. The van der Waals surface area contributed by atoms with Gasteiger partial charge in [0.05, 0.1) is 17.9 Å². The Bertz CT molecular complexity index is 1080. The van der Waals surface area contributed by atoms with E-state index in [4.69, 9.17) is 4.74 Å². The van der Waals surface area contributed by atoms with Gasteiger partial charge in [-0.1, -0.05) is 28.1 Å². The zero-order valence-corrected chi connectivity index (χ0v) is 16.6. The van der Waals surface area contributed by atoms with Gasteiger partial charge in [-0.2, -0.15) is 0 Å². The number of amides is 1. The molecular formula is C21H18BrN3O3. The zero-order chi connectivity index (χ0) is 19.3. The molecule has 7 heteroatoms. The summed E-state index contributed by atoms with van der Waals surface area (Å²) in [4.78, 5) is 20.7. The lowest BCUT2D eigenvalue weighted by atomic mass is 9.95. The minimum Gasteiger partial charge on any atom is -0.488 e. The first-order chi connectivity index (χ1) is 13.6. The van der Waals surface area contributed by atoms with E-state index in [1.165, 1.54) is 10.5 Å². The summed E-state index contributed by atoms with van der Waals surface area (Å²) in [6.07, 6.45) is 2.55. The van der Waals surface area contributed by atoms with Gasteiger partial charge in [0.15, 0.2) is 0 Å². The van der Waals surface area contributed by atoms with Crippen LogP contribution in [-0.2, 0) is 6.61 Å². The number of ether oxygens (including phenoxy) is 1. The Morgan fingerprint density at radius 1 is 1.25 bits per heavy atom. The van der Waals surface area contributed by atoms with Gasteiger partial charge in [-0.05, 0) is 53.8 Å². The van der Waals surface area contributed by atoms with Crippen molar-refractivity contribution in [1.82, 2.24) is 14.9 Å². The Balaban J connectivity index is 1.47. The van der Waals surface area contributed by atoms with E-state index in [-0.39, 0.29) is 6.04 Å². The number of hydrogen-bond donors (Lipinski definition) is 2. The third-order valence-electron chi connectivity index (χ3n) is 5.44. The second-order valence-electron chi connectivity index (χ2n) is 7.12. The normalized spacial score (nSPS) is 17.8. The van der Waals surface area contributed by atoms with Crippen LogP contribution in [-0.4, -0.2) is 32.6 Å². The van der Waals surface area contributed by atoms with Gasteiger partial charge in [0, 0.05) is 16.6 Å². The van der Waals surface area contributed by atoms with Crippen molar-refractivity contribution in [2.24, 2.45) is 0 Å². The fourth-order valence-electron chi connectivity index (χ4n) is 4.07. The first-order valence-corrected chi connectivity index (χ1v) is 10.00. The lowest BCUT2D eigenvalue weighted by molar-refractivity contribution is 0.139. The van der Waals surface area contributed by atoms with Crippen molar-refractivity contribution < 1.29 is 14.6 Å². The summed E-state index contributed by atoms with van der Waals surface area (Å²) in [7, 11) is 0. The summed E-state index contributed by atoms with van der Waals surface area (Å²) in [5, 5.41) is 9.37. The van der Waals surface area contributed by atoms with Gasteiger partial charge in [0.25, 0.3) is 0 Å². The summed E-state index contributed by atoms with van der Waals surface area (Å²) in [6.45, 7) is 1.07. The van der Waals surface area contributed by atoms with Crippen LogP contribution in [0.1, 0.15) is 30.3 Å². The van der Waals surface area contributed by atoms with E-state index in [0.29, 0.717) is 19.0 Å². The minimum absolute atomic E-state index is 0.197. The fraction of sp³-hybridized carbons (Fsp3) is 0.238. The number of carbonyl (C=O) groups is 1. The SMILES string of the molecule is O=C(O)N1CCCC1c1ncc(-c2ccc3c(c2)COc2cc(Br)ccc2-3)[nH]1. The molecule has 0 spiro atoms. The van der Waals surface area contributed by atoms with Crippen LogP contribution < -0.4 is 4.74 Å². The predicted octanol–water partition coefficient (Wildman–Crippen LogP) is 5.21. The van der Waals surface area contributed by atoms with Crippen LogP contribution in [0.2, 0.25) is 0 Å². The topological polar surface area (TPSA) is 78.4 Å². The van der Waals surface area contributed by atoms with E-state index in [0.717, 1.165) is 45.4 Å².